The monoisotopic (exact) mass is 188 g/mol. The van der Waals surface area contributed by atoms with Crippen LogP contribution in [-0.4, -0.2) is 5.16 Å². The Morgan fingerprint density at radius 2 is 2.08 bits per heavy atom. The highest BCUT2D eigenvalue weighted by molar-refractivity contribution is 6.33. The van der Waals surface area contributed by atoms with Crippen molar-refractivity contribution >= 4 is 17.4 Å². The number of nitrogen functional groups attached to an aromatic ring is 1. The Balaban J connectivity index is 2.83. The van der Waals surface area contributed by atoms with Gasteiger partial charge in [-0.25, -0.2) is 0 Å². The van der Waals surface area contributed by atoms with Gasteiger partial charge in [-0.1, -0.05) is 37.5 Å². The van der Waals surface area contributed by atoms with Crippen LogP contribution in [0.2, 0.25) is 5.02 Å². The van der Waals surface area contributed by atoms with Crippen LogP contribution in [0.1, 0.15) is 26.5 Å². The van der Waals surface area contributed by atoms with Crippen molar-refractivity contribution in [3.05, 3.63) is 10.8 Å². The minimum absolute atomic E-state index is 0.135. The predicted octanol–water partition coefficient (Wildman–Crippen LogP) is 2.50. The summed E-state index contributed by atoms with van der Waals surface area (Å²) < 4.78 is 4.96. The molecule has 0 saturated carbocycles. The number of nitrogens with two attached hydrogens (primary N) is 1. The van der Waals surface area contributed by atoms with Crippen molar-refractivity contribution in [2.45, 2.75) is 27.2 Å². The van der Waals surface area contributed by atoms with Crippen molar-refractivity contribution in [2.75, 3.05) is 5.73 Å². The van der Waals surface area contributed by atoms with Gasteiger partial charge in [-0.05, 0) is 5.41 Å². The summed E-state index contributed by atoms with van der Waals surface area (Å²) in [5, 5.41) is 4.02. The van der Waals surface area contributed by atoms with E-state index in [2.05, 4.69) is 25.9 Å². The molecule has 0 aliphatic rings. The minimum atomic E-state index is 0.135. The normalized spacial score (nSPS) is 12.0. The quantitative estimate of drug-likeness (QED) is 0.737. The highest BCUT2D eigenvalue weighted by Gasteiger charge is 2.19. The summed E-state index contributed by atoms with van der Waals surface area (Å²) in [4.78, 5) is 0. The molecular weight excluding hydrogens is 176 g/mol. The molecule has 4 heteroatoms. The van der Waals surface area contributed by atoms with E-state index in [-0.39, 0.29) is 11.2 Å². The number of nitrogens with zero attached hydrogens (tertiary/aromatic N) is 1. The molecule has 0 bridgehead atoms. The maximum Gasteiger partial charge on any atom is 0.185 e. The van der Waals surface area contributed by atoms with E-state index < -0.39 is 0 Å². The molecule has 0 aliphatic heterocycles. The van der Waals surface area contributed by atoms with Gasteiger partial charge in [0.1, 0.15) is 5.02 Å². The zero-order valence-electron chi connectivity index (χ0n) is 7.52. The first-order valence-electron chi connectivity index (χ1n) is 3.80. The van der Waals surface area contributed by atoms with Gasteiger partial charge in [-0.15, -0.1) is 0 Å². The van der Waals surface area contributed by atoms with Gasteiger partial charge in [0, 0.05) is 6.42 Å². The van der Waals surface area contributed by atoms with E-state index in [4.69, 9.17) is 21.9 Å². The molecule has 1 heterocycles. The second kappa shape index (κ2) is 2.98. The Labute approximate surface area is 76.9 Å². The van der Waals surface area contributed by atoms with Crippen molar-refractivity contribution in [3.8, 4) is 0 Å². The van der Waals surface area contributed by atoms with E-state index >= 15 is 0 Å². The van der Waals surface area contributed by atoms with Gasteiger partial charge in [0.15, 0.2) is 11.6 Å². The Bertz CT molecular complexity index is 275. The molecule has 0 fully saturated rings. The van der Waals surface area contributed by atoms with E-state index in [0.29, 0.717) is 10.8 Å². The molecule has 0 spiro atoms. The van der Waals surface area contributed by atoms with Crippen LogP contribution in [0.5, 0.6) is 0 Å². The average Bonchev–Trinajstić information content (AvgIpc) is 2.16. The molecule has 0 radical (unpaired) electrons. The first-order valence-corrected chi connectivity index (χ1v) is 4.17. The van der Waals surface area contributed by atoms with Crippen molar-refractivity contribution < 1.29 is 4.52 Å². The molecule has 0 amide bonds. The molecule has 1 aromatic rings. The van der Waals surface area contributed by atoms with Crippen LogP contribution in [0.15, 0.2) is 4.52 Å². The highest BCUT2D eigenvalue weighted by atomic mass is 35.5. The van der Waals surface area contributed by atoms with Crippen molar-refractivity contribution in [1.29, 1.82) is 0 Å². The maximum atomic E-state index is 5.83. The van der Waals surface area contributed by atoms with Gasteiger partial charge in [0.25, 0.3) is 0 Å². The van der Waals surface area contributed by atoms with Crippen LogP contribution in [0.25, 0.3) is 0 Å². The van der Waals surface area contributed by atoms with Gasteiger partial charge in [0.2, 0.25) is 0 Å². The van der Waals surface area contributed by atoms with E-state index in [9.17, 15) is 0 Å². The molecule has 1 aromatic heterocycles. The fourth-order valence-corrected chi connectivity index (χ4v) is 1.05. The minimum Gasteiger partial charge on any atom is -0.380 e. The summed E-state index contributed by atoms with van der Waals surface area (Å²) in [5.41, 5.74) is 5.56. The lowest BCUT2D eigenvalue weighted by Gasteiger charge is -2.15. The molecule has 3 nitrogen and oxygen atoms in total. The summed E-state index contributed by atoms with van der Waals surface area (Å²) in [5.74, 6) is 0.942. The second-order valence-electron chi connectivity index (χ2n) is 4.04. The molecule has 0 atom stereocenters. The molecule has 2 N–H and O–H groups in total. The zero-order chi connectivity index (χ0) is 9.35. The number of hydrogen-bond donors (Lipinski definition) is 1. The standard InChI is InChI=1S/C8H13ClN2O/c1-8(2,3)4-5-6(9)7(10)11-12-5/h4H2,1-3H3,(H2,10,11). The first-order chi connectivity index (χ1) is 5.40. The molecule has 68 valence electrons. The topological polar surface area (TPSA) is 52.0 Å². The third-order valence-corrected chi connectivity index (χ3v) is 1.82. The van der Waals surface area contributed by atoms with E-state index in [0.717, 1.165) is 6.42 Å². The van der Waals surface area contributed by atoms with Crippen molar-refractivity contribution in [3.63, 3.8) is 0 Å². The molecule has 0 saturated heterocycles. The predicted molar refractivity (Wildman–Crippen MR) is 49.1 cm³/mol. The smallest absolute Gasteiger partial charge is 0.185 e. The maximum absolute atomic E-state index is 5.83. The van der Waals surface area contributed by atoms with Crippen LogP contribution in [0, 0.1) is 5.41 Å². The third kappa shape index (κ3) is 2.14. The van der Waals surface area contributed by atoms with Crippen LogP contribution >= 0.6 is 11.6 Å². The zero-order valence-corrected chi connectivity index (χ0v) is 8.27. The summed E-state index contributed by atoms with van der Waals surface area (Å²) in [6.45, 7) is 6.30. The van der Waals surface area contributed by atoms with Crippen molar-refractivity contribution in [1.82, 2.24) is 5.16 Å². The first kappa shape index (κ1) is 9.39. The highest BCUT2D eigenvalue weighted by Crippen LogP contribution is 2.28. The third-order valence-electron chi connectivity index (χ3n) is 1.41. The summed E-state index contributed by atoms with van der Waals surface area (Å²) in [6.07, 6.45) is 0.746. The SMILES string of the molecule is CC(C)(C)Cc1onc(N)c1Cl. The largest absolute Gasteiger partial charge is 0.380 e. The van der Waals surface area contributed by atoms with Crippen molar-refractivity contribution in [2.24, 2.45) is 5.41 Å². The van der Waals surface area contributed by atoms with Gasteiger partial charge in [0.05, 0.1) is 0 Å². The molecule has 0 aliphatic carbocycles. The van der Waals surface area contributed by atoms with Crippen LogP contribution < -0.4 is 5.73 Å². The van der Waals surface area contributed by atoms with Gasteiger partial charge in [-0.3, -0.25) is 0 Å². The molecule has 1 rings (SSSR count). The van der Waals surface area contributed by atoms with E-state index in [1.54, 1.807) is 0 Å². The molecule has 12 heavy (non-hydrogen) atoms. The number of halogens is 1. The lowest BCUT2D eigenvalue weighted by molar-refractivity contribution is 0.321. The molecule has 0 aromatic carbocycles. The van der Waals surface area contributed by atoms with Gasteiger partial charge >= 0.3 is 0 Å². The number of anilines is 1. The Kier molecular flexibility index (Phi) is 2.33. The number of hydrogen-bond acceptors (Lipinski definition) is 3. The Morgan fingerprint density at radius 3 is 2.42 bits per heavy atom. The Morgan fingerprint density at radius 1 is 1.50 bits per heavy atom. The lowest BCUT2D eigenvalue weighted by Crippen LogP contribution is -2.08. The summed E-state index contributed by atoms with van der Waals surface area (Å²) in [6, 6.07) is 0. The molecule has 0 unspecified atom stereocenters. The fourth-order valence-electron chi connectivity index (χ4n) is 0.919. The van der Waals surface area contributed by atoms with Crippen LogP contribution in [-0.2, 0) is 6.42 Å². The summed E-state index contributed by atoms with van der Waals surface area (Å²) in [7, 11) is 0. The van der Waals surface area contributed by atoms with Crippen LogP contribution in [0.4, 0.5) is 5.82 Å². The average molecular weight is 189 g/mol. The lowest BCUT2D eigenvalue weighted by atomic mass is 9.91. The van der Waals surface area contributed by atoms with Gasteiger partial charge < -0.3 is 10.3 Å². The summed E-state index contributed by atoms with van der Waals surface area (Å²) >= 11 is 5.83. The van der Waals surface area contributed by atoms with E-state index in [1.807, 2.05) is 0 Å². The van der Waals surface area contributed by atoms with Crippen LogP contribution in [0.3, 0.4) is 0 Å². The Hall–Kier alpha value is -0.700. The molecular formula is C8H13ClN2O. The number of aromatic nitrogens is 1. The number of rotatable bonds is 1. The second-order valence-corrected chi connectivity index (χ2v) is 4.42. The fraction of sp³-hybridized carbons (Fsp3) is 0.625. The van der Waals surface area contributed by atoms with E-state index in [1.165, 1.54) is 0 Å². The van der Waals surface area contributed by atoms with Gasteiger partial charge in [-0.2, -0.15) is 0 Å².